The smallest absolute Gasteiger partial charge is 0.0500 e. The summed E-state index contributed by atoms with van der Waals surface area (Å²) in [6.45, 7) is 10.7. The third-order valence-corrected chi connectivity index (χ3v) is 4.62. The molecule has 2 rings (SSSR count). The summed E-state index contributed by atoms with van der Waals surface area (Å²) in [4.78, 5) is 5.48. The van der Waals surface area contributed by atoms with Gasteiger partial charge < -0.3 is 4.74 Å². The van der Waals surface area contributed by atoms with Gasteiger partial charge in [0, 0.05) is 45.4 Å². The van der Waals surface area contributed by atoms with Crippen LogP contribution in [0.3, 0.4) is 0 Å². The van der Waals surface area contributed by atoms with Crippen LogP contribution >= 0.6 is 0 Å². The third kappa shape index (κ3) is 3.46. The van der Waals surface area contributed by atoms with Gasteiger partial charge in [-0.05, 0) is 31.7 Å². The zero-order valence-corrected chi connectivity index (χ0v) is 12.4. The molecular formula is C15H30N2O. The van der Waals surface area contributed by atoms with E-state index in [1.807, 2.05) is 7.11 Å². The maximum atomic E-state index is 5.28. The number of ether oxygens (including phenoxy) is 1. The van der Waals surface area contributed by atoms with Gasteiger partial charge in [0.05, 0.1) is 0 Å². The molecule has 2 aliphatic rings. The minimum atomic E-state index is 0.652. The van der Waals surface area contributed by atoms with Gasteiger partial charge in [-0.25, -0.2) is 0 Å². The summed E-state index contributed by atoms with van der Waals surface area (Å²) in [5.41, 5.74) is 0. The second-order valence-corrected chi connectivity index (χ2v) is 6.22. The summed E-state index contributed by atoms with van der Waals surface area (Å²) in [5, 5.41) is 0. The molecule has 0 spiro atoms. The van der Waals surface area contributed by atoms with Gasteiger partial charge >= 0.3 is 0 Å². The molecule has 0 N–H and O–H groups in total. The molecule has 0 amide bonds. The monoisotopic (exact) mass is 254 g/mol. The van der Waals surface area contributed by atoms with E-state index in [0.717, 1.165) is 18.7 Å². The van der Waals surface area contributed by atoms with Crippen molar-refractivity contribution in [1.82, 2.24) is 9.80 Å². The highest BCUT2D eigenvalue weighted by Gasteiger charge is 2.34. The molecule has 0 radical (unpaired) electrons. The van der Waals surface area contributed by atoms with Crippen LogP contribution < -0.4 is 0 Å². The first-order chi connectivity index (χ1) is 8.74. The Hall–Kier alpha value is -0.120. The molecule has 0 aliphatic carbocycles. The number of hydrogen-bond acceptors (Lipinski definition) is 3. The van der Waals surface area contributed by atoms with Crippen LogP contribution in [-0.4, -0.2) is 61.8 Å². The van der Waals surface area contributed by atoms with Gasteiger partial charge in [0.2, 0.25) is 0 Å². The van der Waals surface area contributed by atoms with Crippen molar-refractivity contribution in [3.63, 3.8) is 0 Å². The Labute approximate surface area is 112 Å². The molecule has 2 aliphatic heterocycles. The summed E-state index contributed by atoms with van der Waals surface area (Å²) in [6, 6.07) is 1.59. The molecule has 3 nitrogen and oxygen atoms in total. The fraction of sp³-hybridized carbons (Fsp3) is 1.00. The molecule has 3 atom stereocenters. The number of piperazine rings is 1. The van der Waals surface area contributed by atoms with Gasteiger partial charge in [0.25, 0.3) is 0 Å². The number of piperidine rings is 1. The highest BCUT2D eigenvalue weighted by molar-refractivity contribution is 4.90. The van der Waals surface area contributed by atoms with Crippen LogP contribution in [0.4, 0.5) is 0 Å². The first kappa shape index (κ1) is 14.3. The quantitative estimate of drug-likeness (QED) is 0.748. The Balaban J connectivity index is 1.91. The fourth-order valence-electron chi connectivity index (χ4n) is 3.66. The SMILES string of the molecule is CCC1CN2CCCCC2CN1CC(C)COC. The lowest BCUT2D eigenvalue weighted by Gasteiger charge is -2.49. The zero-order chi connectivity index (χ0) is 13.0. The van der Waals surface area contributed by atoms with Crippen molar-refractivity contribution in [2.24, 2.45) is 5.92 Å². The van der Waals surface area contributed by atoms with E-state index in [1.54, 1.807) is 0 Å². The van der Waals surface area contributed by atoms with Crippen molar-refractivity contribution in [2.75, 3.05) is 39.9 Å². The van der Waals surface area contributed by atoms with Gasteiger partial charge in [0.1, 0.15) is 0 Å². The minimum Gasteiger partial charge on any atom is -0.384 e. The third-order valence-electron chi connectivity index (χ3n) is 4.62. The Morgan fingerprint density at radius 1 is 1.28 bits per heavy atom. The second kappa shape index (κ2) is 6.88. The van der Waals surface area contributed by atoms with Crippen LogP contribution in [0.5, 0.6) is 0 Å². The number of hydrogen-bond donors (Lipinski definition) is 0. The first-order valence-electron chi connectivity index (χ1n) is 7.71. The summed E-state index contributed by atoms with van der Waals surface area (Å²) >= 11 is 0. The number of nitrogens with zero attached hydrogens (tertiary/aromatic N) is 2. The Bertz CT molecular complexity index is 247. The Morgan fingerprint density at radius 2 is 2.11 bits per heavy atom. The van der Waals surface area contributed by atoms with Crippen molar-refractivity contribution in [3.05, 3.63) is 0 Å². The van der Waals surface area contributed by atoms with Crippen LogP contribution in [0.15, 0.2) is 0 Å². The highest BCUT2D eigenvalue weighted by atomic mass is 16.5. The maximum absolute atomic E-state index is 5.28. The van der Waals surface area contributed by atoms with E-state index < -0.39 is 0 Å². The summed E-state index contributed by atoms with van der Waals surface area (Å²) in [5.74, 6) is 0.652. The Kier molecular flexibility index (Phi) is 5.46. The summed E-state index contributed by atoms with van der Waals surface area (Å²) in [7, 11) is 1.81. The second-order valence-electron chi connectivity index (χ2n) is 6.22. The maximum Gasteiger partial charge on any atom is 0.0500 e. The van der Waals surface area contributed by atoms with Crippen LogP contribution in [-0.2, 0) is 4.74 Å². The number of fused-ring (bicyclic) bond motifs is 1. The molecule has 0 aromatic heterocycles. The number of rotatable bonds is 5. The van der Waals surface area contributed by atoms with Crippen molar-refractivity contribution < 1.29 is 4.74 Å². The molecule has 0 bridgehead atoms. The average molecular weight is 254 g/mol. The van der Waals surface area contributed by atoms with E-state index >= 15 is 0 Å². The van der Waals surface area contributed by atoms with E-state index in [4.69, 9.17) is 4.74 Å². The standard InChI is InChI=1S/C15H30N2O/c1-4-14-10-16-8-6-5-7-15(16)11-17(14)9-13(2)12-18-3/h13-15H,4-12H2,1-3H3. The van der Waals surface area contributed by atoms with Gasteiger partial charge in [-0.15, -0.1) is 0 Å². The predicted octanol–water partition coefficient (Wildman–Crippen LogP) is 2.22. The predicted molar refractivity (Wildman–Crippen MR) is 75.9 cm³/mol. The average Bonchev–Trinajstić information content (AvgIpc) is 2.38. The molecule has 0 saturated carbocycles. The lowest BCUT2D eigenvalue weighted by Crippen LogP contribution is -2.60. The molecule has 2 heterocycles. The van der Waals surface area contributed by atoms with Crippen molar-refractivity contribution in [2.45, 2.75) is 51.6 Å². The van der Waals surface area contributed by atoms with Crippen molar-refractivity contribution in [3.8, 4) is 0 Å². The van der Waals surface area contributed by atoms with Crippen molar-refractivity contribution >= 4 is 0 Å². The van der Waals surface area contributed by atoms with E-state index in [2.05, 4.69) is 23.6 Å². The van der Waals surface area contributed by atoms with Gasteiger partial charge in [-0.3, -0.25) is 9.80 Å². The van der Waals surface area contributed by atoms with E-state index in [9.17, 15) is 0 Å². The molecule has 2 fully saturated rings. The zero-order valence-electron chi connectivity index (χ0n) is 12.4. The molecule has 2 saturated heterocycles. The molecular weight excluding hydrogens is 224 g/mol. The minimum absolute atomic E-state index is 0.652. The Morgan fingerprint density at radius 3 is 2.83 bits per heavy atom. The first-order valence-corrected chi connectivity index (χ1v) is 7.71. The molecule has 0 aromatic carbocycles. The van der Waals surface area contributed by atoms with E-state index in [-0.39, 0.29) is 0 Å². The van der Waals surface area contributed by atoms with Crippen LogP contribution in [0.2, 0.25) is 0 Å². The lowest BCUT2D eigenvalue weighted by molar-refractivity contribution is -0.00472. The normalized spacial score (nSPS) is 32.2. The van der Waals surface area contributed by atoms with E-state index in [0.29, 0.717) is 5.92 Å². The van der Waals surface area contributed by atoms with Gasteiger partial charge in [-0.2, -0.15) is 0 Å². The van der Waals surface area contributed by atoms with Gasteiger partial charge in [0.15, 0.2) is 0 Å². The molecule has 3 unspecified atom stereocenters. The topological polar surface area (TPSA) is 15.7 Å². The van der Waals surface area contributed by atoms with E-state index in [1.165, 1.54) is 51.9 Å². The molecule has 3 heteroatoms. The fourth-order valence-corrected chi connectivity index (χ4v) is 3.66. The molecule has 0 aromatic rings. The number of methoxy groups -OCH3 is 1. The molecule has 106 valence electrons. The lowest BCUT2D eigenvalue weighted by atomic mass is 9.95. The molecule has 18 heavy (non-hydrogen) atoms. The van der Waals surface area contributed by atoms with Crippen molar-refractivity contribution in [1.29, 1.82) is 0 Å². The van der Waals surface area contributed by atoms with Crippen LogP contribution in [0, 0.1) is 5.92 Å². The largest absolute Gasteiger partial charge is 0.384 e. The van der Waals surface area contributed by atoms with Crippen LogP contribution in [0.25, 0.3) is 0 Å². The van der Waals surface area contributed by atoms with Gasteiger partial charge in [-0.1, -0.05) is 20.3 Å². The van der Waals surface area contributed by atoms with Crippen LogP contribution in [0.1, 0.15) is 39.5 Å². The summed E-state index contributed by atoms with van der Waals surface area (Å²) in [6.07, 6.45) is 5.53. The highest BCUT2D eigenvalue weighted by Crippen LogP contribution is 2.25. The summed E-state index contributed by atoms with van der Waals surface area (Å²) < 4.78 is 5.28.